The molecule has 0 radical (unpaired) electrons. The number of rotatable bonds is 5. The van der Waals surface area contributed by atoms with Crippen LogP contribution in [-0.4, -0.2) is 19.1 Å². The van der Waals surface area contributed by atoms with Crippen LogP contribution in [0.15, 0.2) is 12.2 Å². The Balaban J connectivity index is 3.12. The molecule has 0 atom stereocenters. The molecular weight excluding hydrogens is 148 g/mol. The molecular formula is C8H15ClO. The molecule has 0 heterocycles. The van der Waals surface area contributed by atoms with Crippen molar-refractivity contribution < 1.29 is 4.74 Å². The quantitative estimate of drug-likeness (QED) is 0.446. The van der Waals surface area contributed by atoms with Gasteiger partial charge in [-0.2, -0.15) is 0 Å². The molecule has 0 bridgehead atoms. The maximum absolute atomic E-state index is 5.49. The monoisotopic (exact) mass is 162 g/mol. The molecule has 0 rings (SSSR count). The van der Waals surface area contributed by atoms with Crippen LogP contribution in [-0.2, 0) is 4.74 Å². The van der Waals surface area contributed by atoms with Crippen molar-refractivity contribution in [2.75, 3.05) is 19.1 Å². The molecule has 10 heavy (non-hydrogen) atoms. The van der Waals surface area contributed by atoms with Gasteiger partial charge in [-0.15, -0.1) is 11.6 Å². The van der Waals surface area contributed by atoms with Gasteiger partial charge < -0.3 is 4.74 Å². The molecule has 1 nitrogen and oxygen atoms in total. The molecule has 0 amide bonds. The summed E-state index contributed by atoms with van der Waals surface area (Å²) in [7, 11) is 0. The smallest absolute Gasteiger partial charge is 0.0685 e. The molecule has 0 aromatic rings. The molecule has 0 aliphatic rings. The summed E-state index contributed by atoms with van der Waals surface area (Å²) in [5, 5.41) is 0. The van der Waals surface area contributed by atoms with E-state index in [4.69, 9.17) is 16.3 Å². The summed E-state index contributed by atoms with van der Waals surface area (Å²) in [6, 6.07) is 0. The van der Waals surface area contributed by atoms with Crippen LogP contribution in [0.1, 0.15) is 13.8 Å². The van der Waals surface area contributed by atoms with E-state index in [2.05, 4.69) is 20.4 Å². The summed E-state index contributed by atoms with van der Waals surface area (Å²) in [6.45, 7) is 9.33. The minimum Gasteiger partial charge on any atom is -0.377 e. The van der Waals surface area contributed by atoms with Crippen molar-refractivity contribution in [1.82, 2.24) is 0 Å². The molecule has 0 saturated heterocycles. The molecule has 0 aromatic heterocycles. The van der Waals surface area contributed by atoms with E-state index >= 15 is 0 Å². The van der Waals surface area contributed by atoms with E-state index < -0.39 is 0 Å². The molecule has 0 saturated carbocycles. The number of hydrogen-bond donors (Lipinski definition) is 0. The van der Waals surface area contributed by atoms with Gasteiger partial charge in [0.2, 0.25) is 0 Å². The molecule has 0 fully saturated rings. The normalized spacial score (nSPS) is 10.4. The van der Waals surface area contributed by atoms with Crippen LogP contribution in [0, 0.1) is 5.92 Å². The van der Waals surface area contributed by atoms with E-state index in [1.165, 1.54) is 0 Å². The second kappa shape index (κ2) is 5.75. The average molecular weight is 163 g/mol. The van der Waals surface area contributed by atoms with Crippen molar-refractivity contribution in [3.63, 3.8) is 0 Å². The number of alkyl halides is 1. The minimum absolute atomic E-state index is 0.498. The second-order valence-corrected chi connectivity index (χ2v) is 3.06. The van der Waals surface area contributed by atoms with E-state index in [9.17, 15) is 0 Å². The summed E-state index contributed by atoms with van der Waals surface area (Å²) >= 11 is 5.49. The van der Waals surface area contributed by atoms with E-state index in [1.807, 2.05) is 0 Å². The Morgan fingerprint density at radius 3 is 2.60 bits per heavy atom. The van der Waals surface area contributed by atoms with Crippen LogP contribution in [0.5, 0.6) is 0 Å². The van der Waals surface area contributed by atoms with Crippen molar-refractivity contribution in [2.45, 2.75) is 13.8 Å². The van der Waals surface area contributed by atoms with Crippen LogP contribution in [0.4, 0.5) is 0 Å². The first-order chi connectivity index (χ1) is 4.66. The van der Waals surface area contributed by atoms with Gasteiger partial charge in [0.1, 0.15) is 0 Å². The van der Waals surface area contributed by atoms with Crippen LogP contribution in [0.25, 0.3) is 0 Å². The van der Waals surface area contributed by atoms with Crippen molar-refractivity contribution in [3.8, 4) is 0 Å². The molecule has 0 aromatic carbocycles. The van der Waals surface area contributed by atoms with Gasteiger partial charge in [-0.05, 0) is 11.5 Å². The van der Waals surface area contributed by atoms with Crippen molar-refractivity contribution >= 4 is 11.6 Å². The van der Waals surface area contributed by atoms with Crippen molar-refractivity contribution in [1.29, 1.82) is 0 Å². The SMILES string of the molecule is C=C(CCl)COCC(C)C. The number of hydrogen-bond acceptors (Lipinski definition) is 1. The molecule has 0 aliphatic heterocycles. The minimum atomic E-state index is 0.498. The first-order valence-corrected chi connectivity index (χ1v) is 4.00. The first-order valence-electron chi connectivity index (χ1n) is 3.47. The Hall–Kier alpha value is -0.0100. The summed E-state index contributed by atoms with van der Waals surface area (Å²) in [5.41, 5.74) is 0.947. The fourth-order valence-electron chi connectivity index (χ4n) is 0.478. The predicted molar refractivity (Wildman–Crippen MR) is 45.5 cm³/mol. The fraction of sp³-hybridized carbons (Fsp3) is 0.750. The molecule has 0 N–H and O–H groups in total. The predicted octanol–water partition coefficient (Wildman–Crippen LogP) is 2.45. The van der Waals surface area contributed by atoms with Crippen LogP contribution in [0.3, 0.4) is 0 Å². The van der Waals surface area contributed by atoms with Gasteiger partial charge in [-0.25, -0.2) is 0 Å². The summed E-state index contributed by atoms with van der Waals surface area (Å²) in [6.07, 6.45) is 0. The van der Waals surface area contributed by atoms with Gasteiger partial charge in [0.15, 0.2) is 0 Å². The Labute approximate surface area is 68.0 Å². The lowest BCUT2D eigenvalue weighted by Crippen LogP contribution is -2.04. The third-order valence-electron chi connectivity index (χ3n) is 0.946. The standard InChI is InChI=1S/C8H15ClO/c1-7(2)5-10-6-8(3)4-9/h7H,3-6H2,1-2H3. The third-order valence-corrected chi connectivity index (χ3v) is 1.32. The van der Waals surface area contributed by atoms with E-state index in [-0.39, 0.29) is 0 Å². The van der Waals surface area contributed by atoms with Gasteiger partial charge in [0.25, 0.3) is 0 Å². The fourth-order valence-corrected chi connectivity index (χ4v) is 0.555. The summed E-state index contributed by atoms with van der Waals surface area (Å²) in [5.74, 6) is 1.08. The Morgan fingerprint density at radius 2 is 2.20 bits per heavy atom. The lowest BCUT2D eigenvalue weighted by molar-refractivity contribution is 0.130. The Morgan fingerprint density at radius 1 is 1.60 bits per heavy atom. The number of halogens is 1. The third kappa shape index (κ3) is 6.12. The first kappa shape index (κ1) is 9.99. The highest BCUT2D eigenvalue weighted by Crippen LogP contribution is 1.97. The van der Waals surface area contributed by atoms with Crippen LogP contribution < -0.4 is 0 Å². The Kier molecular flexibility index (Phi) is 5.74. The van der Waals surface area contributed by atoms with Gasteiger partial charge >= 0.3 is 0 Å². The highest BCUT2D eigenvalue weighted by molar-refractivity contribution is 6.19. The number of ether oxygens (including phenoxy) is 1. The van der Waals surface area contributed by atoms with Gasteiger partial charge in [0.05, 0.1) is 6.61 Å². The Bertz CT molecular complexity index is 99.4. The maximum Gasteiger partial charge on any atom is 0.0685 e. The molecule has 0 spiro atoms. The summed E-state index contributed by atoms with van der Waals surface area (Å²) in [4.78, 5) is 0. The maximum atomic E-state index is 5.49. The van der Waals surface area contributed by atoms with Crippen molar-refractivity contribution in [2.24, 2.45) is 5.92 Å². The lowest BCUT2D eigenvalue weighted by atomic mass is 10.2. The zero-order valence-electron chi connectivity index (χ0n) is 6.69. The molecule has 2 heteroatoms. The molecule has 0 unspecified atom stereocenters. The summed E-state index contributed by atoms with van der Waals surface area (Å²) < 4.78 is 5.26. The van der Waals surface area contributed by atoms with Crippen LogP contribution in [0.2, 0.25) is 0 Å². The topological polar surface area (TPSA) is 9.23 Å². The van der Waals surface area contributed by atoms with Crippen LogP contribution >= 0.6 is 11.6 Å². The zero-order chi connectivity index (χ0) is 7.98. The second-order valence-electron chi connectivity index (χ2n) is 2.79. The van der Waals surface area contributed by atoms with Gasteiger partial charge in [0, 0.05) is 12.5 Å². The highest BCUT2D eigenvalue weighted by Gasteiger charge is 1.94. The van der Waals surface area contributed by atoms with E-state index in [1.54, 1.807) is 0 Å². The van der Waals surface area contributed by atoms with Gasteiger partial charge in [-0.1, -0.05) is 20.4 Å². The molecule has 0 aliphatic carbocycles. The highest BCUT2D eigenvalue weighted by atomic mass is 35.5. The zero-order valence-corrected chi connectivity index (χ0v) is 7.45. The molecule has 60 valence electrons. The van der Waals surface area contributed by atoms with E-state index in [0.29, 0.717) is 18.4 Å². The average Bonchev–Trinajstić information content (AvgIpc) is 1.87. The van der Waals surface area contributed by atoms with Gasteiger partial charge in [-0.3, -0.25) is 0 Å². The van der Waals surface area contributed by atoms with Crippen molar-refractivity contribution in [3.05, 3.63) is 12.2 Å². The lowest BCUT2D eigenvalue weighted by Gasteiger charge is -2.06. The largest absolute Gasteiger partial charge is 0.377 e. The van der Waals surface area contributed by atoms with E-state index in [0.717, 1.165) is 12.2 Å².